The lowest BCUT2D eigenvalue weighted by atomic mass is 9.90. The zero-order valence-electron chi connectivity index (χ0n) is 11.8. The highest BCUT2D eigenvalue weighted by molar-refractivity contribution is 5.92. The van der Waals surface area contributed by atoms with E-state index in [-0.39, 0.29) is 11.9 Å². The minimum absolute atomic E-state index is 0.0261. The van der Waals surface area contributed by atoms with Crippen LogP contribution in [-0.2, 0) is 6.54 Å². The van der Waals surface area contributed by atoms with Gasteiger partial charge in [0.05, 0.1) is 0 Å². The highest BCUT2D eigenvalue weighted by atomic mass is 16.2. The molecule has 4 nitrogen and oxygen atoms in total. The van der Waals surface area contributed by atoms with E-state index in [0.29, 0.717) is 11.6 Å². The molecule has 0 aromatic carbocycles. The van der Waals surface area contributed by atoms with Gasteiger partial charge in [-0.2, -0.15) is 5.10 Å². The lowest BCUT2D eigenvalue weighted by Crippen LogP contribution is -2.40. The highest BCUT2D eigenvalue weighted by Crippen LogP contribution is 2.50. The highest BCUT2D eigenvalue weighted by Gasteiger charge is 2.44. The quantitative estimate of drug-likeness (QED) is 0.855. The average Bonchev–Trinajstić information content (AvgIpc) is 3.31. The second-order valence-corrected chi connectivity index (χ2v) is 6.05. The van der Waals surface area contributed by atoms with E-state index in [1.807, 2.05) is 6.92 Å². The molecule has 2 aliphatic carbocycles. The fourth-order valence-corrected chi connectivity index (χ4v) is 3.32. The van der Waals surface area contributed by atoms with Gasteiger partial charge < -0.3 is 5.32 Å². The number of rotatable bonds is 6. The number of hydrogen-bond donors (Lipinski definition) is 1. The average molecular weight is 261 g/mol. The standard InChI is InChI=1S/C15H23N3O/c1-3-18-13(8-9-16-18)15(19)17-10(2)14(11-4-5-11)12-6-7-12/h8-12,14H,3-7H2,1-2H3,(H,17,19). The Balaban J connectivity index is 1.65. The molecule has 0 bridgehead atoms. The molecule has 0 saturated heterocycles. The first-order chi connectivity index (χ1) is 9.20. The summed E-state index contributed by atoms with van der Waals surface area (Å²) in [6.07, 6.45) is 7.12. The maximum atomic E-state index is 12.3. The van der Waals surface area contributed by atoms with Crippen molar-refractivity contribution in [1.82, 2.24) is 15.1 Å². The van der Waals surface area contributed by atoms with Crippen molar-refractivity contribution in [2.24, 2.45) is 17.8 Å². The van der Waals surface area contributed by atoms with Crippen LogP contribution < -0.4 is 5.32 Å². The number of amides is 1. The van der Waals surface area contributed by atoms with Crippen LogP contribution in [0.5, 0.6) is 0 Å². The van der Waals surface area contributed by atoms with E-state index in [1.54, 1.807) is 16.9 Å². The van der Waals surface area contributed by atoms with Crippen LogP contribution in [0.1, 0.15) is 50.0 Å². The lowest BCUT2D eigenvalue weighted by molar-refractivity contribution is 0.0908. The van der Waals surface area contributed by atoms with Crippen LogP contribution in [-0.4, -0.2) is 21.7 Å². The molecule has 1 unspecified atom stereocenters. The Hall–Kier alpha value is -1.32. The molecule has 19 heavy (non-hydrogen) atoms. The fourth-order valence-electron chi connectivity index (χ4n) is 3.32. The van der Waals surface area contributed by atoms with Gasteiger partial charge in [0.1, 0.15) is 5.69 Å². The van der Waals surface area contributed by atoms with Gasteiger partial charge >= 0.3 is 0 Å². The molecule has 104 valence electrons. The summed E-state index contributed by atoms with van der Waals surface area (Å²) in [6.45, 7) is 4.91. The molecule has 0 spiro atoms. The molecule has 1 amide bonds. The molecule has 1 heterocycles. The minimum atomic E-state index is 0.0261. The molecule has 0 aliphatic heterocycles. The molecule has 2 aliphatic rings. The molecule has 1 aromatic rings. The van der Waals surface area contributed by atoms with Crippen LogP contribution in [0.4, 0.5) is 0 Å². The first-order valence-corrected chi connectivity index (χ1v) is 7.53. The van der Waals surface area contributed by atoms with Gasteiger partial charge in [-0.3, -0.25) is 9.48 Å². The molecule has 4 heteroatoms. The van der Waals surface area contributed by atoms with E-state index in [4.69, 9.17) is 0 Å². The Morgan fingerprint density at radius 3 is 2.58 bits per heavy atom. The van der Waals surface area contributed by atoms with Gasteiger partial charge in [0, 0.05) is 18.8 Å². The van der Waals surface area contributed by atoms with Crippen molar-refractivity contribution in [2.75, 3.05) is 0 Å². The molecule has 3 rings (SSSR count). The Labute approximate surface area is 114 Å². The van der Waals surface area contributed by atoms with Gasteiger partial charge in [0.2, 0.25) is 0 Å². The third-order valence-corrected chi connectivity index (χ3v) is 4.52. The van der Waals surface area contributed by atoms with Crippen LogP contribution in [0, 0.1) is 17.8 Å². The topological polar surface area (TPSA) is 46.9 Å². The minimum Gasteiger partial charge on any atom is -0.348 e. The Morgan fingerprint density at radius 2 is 2.05 bits per heavy atom. The van der Waals surface area contributed by atoms with E-state index < -0.39 is 0 Å². The van der Waals surface area contributed by atoms with Gasteiger partial charge in [-0.15, -0.1) is 0 Å². The fraction of sp³-hybridized carbons (Fsp3) is 0.733. The zero-order chi connectivity index (χ0) is 13.4. The van der Waals surface area contributed by atoms with Crippen LogP contribution in [0.2, 0.25) is 0 Å². The number of aryl methyl sites for hydroxylation is 1. The summed E-state index contributed by atoms with van der Waals surface area (Å²) in [5.41, 5.74) is 0.680. The SMILES string of the molecule is CCn1nccc1C(=O)NC(C)C(C1CC1)C1CC1. The number of hydrogen-bond acceptors (Lipinski definition) is 2. The predicted octanol–water partition coefficient (Wildman–Crippen LogP) is 2.46. The summed E-state index contributed by atoms with van der Waals surface area (Å²) in [5.74, 6) is 2.44. The first-order valence-electron chi connectivity index (χ1n) is 7.53. The van der Waals surface area contributed by atoms with Crippen molar-refractivity contribution in [3.05, 3.63) is 18.0 Å². The first kappa shape index (κ1) is 12.7. The molecule has 2 saturated carbocycles. The summed E-state index contributed by atoms with van der Waals surface area (Å²) < 4.78 is 1.76. The van der Waals surface area contributed by atoms with Crippen molar-refractivity contribution < 1.29 is 4.79 Å². The Kier molecular flexibility index (Phi) is 3.33. The summed E-state index contributed by atoms with van der Waals surface area (Å²) in [6, 6.07) is 2.09. The van der Waals surface area contributed by atoms with Crippen LogP contribution in [0.15, 0.2) is 12.3 Å². The van der Waals surface area contributed by atoms with Crippen LogP contribution in [0.25, 0.3) is 0 Å². The van der Waals surface area contributed by atoms with Crippen molar-refractivity contribution in [3.63, 3.8) is 0 Å². The summed E-state index contributed by atoms with van der Waals surface area (Å²) in [4.78, 5) is 12.3. The van der Waals surface area contributed by atoms with Gasteiger partial charge in [0.25, 0.3) is 5.91 Å². The van der Waals surface area contributed by atoms with Crippen molar-refractivity contribution in [3.8, 4) is 0 Å². The maximum absolute atomic E-state index is 12.3. The second kappa shape index (κ2) is 4.99. The Bertz CT molecular complexity index is 448. The normalized spacial score (nSPS) is 20.6. The number of nitrogens with zero attached hydrogens (tertiary/aromatic N) is 2. The predicted molar refractivity (Wildman–Crippen MR) is 73.8 cm³/mol. The molecule has 1 atom stereocenters. The molecule has 0 radical (unpaired) electrons. The van der Waals surface area contributed by atoms with Crippen LogP contribution >= 0.6 is 0 Å². The van der Waals surface area contributed by atoms with Crippen molar-refractivity contribution in [2.45, 2.75) is 52.1 Å². The molecule has 1 aromatic heterocycles. The number of aromatic nitrogens is 2. The number of carbonyl (C=O) groups excluding carboxylic acids is 1. The second-order valence-electron chi connectivity index (χ2n) is 6.05. The van der Waals surface area contributed by atoms with Crippen molar-refractivity contribution >= 4 is 5.91 Å². The van der Waals surface area contributed by atoms with Crippen LogP contribution in [0.3, 0.4) is 0 Å². The van der Waals surface area contributed by atoms with Gasteiger partial charge in [-0.05, 0) is 63.4 Å². The molecule has 2 fully saturated rings. The number of nitrogens with one attached hydrogen (secondary N) is 1. The molecule has 1 N–H and O–H groups in total. The van der Waals surface area contributed by atoms with Crippen molar-refractivity contribution in [1.29, 1.82) is 0 Å². The summed E-state index contributed by atoms with van der Waals surface area (Å²) >= 11 is 0. The smallest absolute Gasteiger partial charge is 0.269 e. The maximum Gasteiger partial charge on any atom is 0.269 e. The third kappa shape index (κ3) is 2.67. The van der Waals surface area contributed by atoms with E-state index in [9.17, 15) is 4.79 Å². The van der Waals surface area contributed by atoms with Gasteiger partial charge in [-0.25, -0.2) is 0 Å². The lowest BCUT2D eigenvalue weighted by Gasteiger charge is -2.24. The number of carbonyl (C=O) groups is 1. The zero-order valence-corrected chi connectivity index (χ0v) is 11.8. The van der Waals surface area contributed by atoms with E-state index in [1.165, 1.54) is 25.7 Å². The van der Waals surface area contributed by atoms with E-state index in [2.05, 4.69) is 17.3 Å². The molecular formula is C15H23N3O. The monoisotopic (exact) mass is 261 g/mol. The van der Waals surface area contributed by atoms with E-state index >= 15 is 0 Å². The third-order valence-electron chi connectivity index (χ3n) is 4.52. The summed E-state index contributed by atoms with van der Waals surface area (Å²) in [5, 5.41) is 7.36. The Morgan fingerprint density at radius 1 is 1.42 bits per heavy atom. The molecular weight excluding hydrogens is 238 g/mol. The van der Waals surface area contributed by atoms with E-state index in [0.717, 1.165) is 18.4 Å². The summed E-state index contributed by atoms with van der Waals surface area (Å²) in [7, 11) is 0. The largest absolute Gasteiger partial charge is 0.348 e. The van der Waals surface area contributed by atoms with Gasteiger partial charge in [0.15, 0.2) is 0 Å². The van der Waals surface area contributed by atoms with Gasteiger partial charge in [-0.1, -0.05) is 0 Å².